The summed E-state index contributed by atoms with van der Waals surface area (Å²) in [5, 5.41) is 12.8. The molecule has 0 aliphatic rings. The number of benzene rings is 2. The number of nitrogens with zero attached hydrogens (tertiary/aromatic N) is 1. The molecule has 0 aliphatic carbocycles. The van der Waals surface area contributed by atoms with E-state index in [0.29, 0.717) is 6.54 Å². The second-order valence-corrected chi connectivity index (χ2v) is 4.88. The first kappa shape index (κ1) is 14.1. The highest BCUT2D eigenvalue weighted by Crippen LogP contribution is 2.20. The molecule has 0 spiro atoms. The Balaban J connectivity index is 2.06. The molecule has 2 aromatic rings. The Hall–Kier alpha value is -2.27. The van der Waals surface area contributed by atoms with E-state index in [1.165, 1.54) is 5.56 Å². The van der Waals surface area contributed by atoms with Crippen molar-refractivity contribution in [3.8, 4) is 6.07 Å². The van der Waals surface area contributed by atoms with E-state index in [-0.39, 0.29) is 5.92 Å². The third-order valence-electron chi connectivity index (χ3n) is 3.39. The van der Waals surface area contributed by atoms with Crippen LogP contribution in [0.3, 0.4) is 0 Å². The summed E-state index contributed by atoms with van der Waals surface area (Å²) < 4.78 is 0. The van der Waals surface area contributed by atoms with E-state index in [9.17, 15) is 5.26 Å². The van der Waals surface area contributed by atoms with Gasteiger partial charge in [0.1, 0.15) is 0 Å². The number of nitrogens with one attached hydrogen (secondary N) is 1. The van der Waals surface area contributed by atoms with E-state index in [1.807, 2.05) is 36.4 Å². The molecule has 0 bridgehead atoms. The van der Waals surface area contributed by atoms with Crippen molar-refractivity contribution in [2.45, 2.75) is 25.7 Å². The molecule has 2 aromatic carbocycles. The third-order valence-corrected chi connectivity index (χ3v) is 3.39. The summed E-state index contributed by atoms with van der Waals surface area (Å²) in [4.78, 5) is 0. The number of hydrogen-bond donors (Lipinski definition) is 1. The third kappa shape index (κ3) is 3.61. The maximum atomic E-state index is 9.34. The summed E-state index contributed by atoms with van der Waals surface area (Å²) in [6.45, 7) is 2.82. The zero-order chi connectivity index (χ0) is 14.2. The second-order valence-electron chi connectivity index (χ2n) is 4.88. The summed E-state index contributed by atoms with van der Waals surface area (Å²) in [5.74, 6) is -0.120. The second kappa shape index (κ2) is 7.35. The van der Waals surface area contributed by atoms with Crippen molar-refractivity contribution in [2.24, 2.45) is 0 Å². The van der Waals surface area contributed by atoms with Crippen molar-refractivity contribution in [3.05, 3.63) is 65.7 Å². The minimum absolute atomic E-state index is 0.120. The van der Waals surface area contributed by atoms with Crippen LogP contribution >= 0.6 is 0 Å². The summed E-state index contributed by atoms with van der Waals surface area (Å²) >= 11 is 0. The van der Waals surface area contributed by atoms with Crippen LogP contribution < -0.4 is 5.32 Å². The van der Waals surface area contributed by atoms with Gasteiger partial charge in [-0.1, -0.05) is 61.9 Å². The van der Waals surface area contributed by atoms with Crippen LogP contribution in [0.15, 0.2) is 54.6 Å². The lowest BCUT2D eigenvalue weighted by Gasteiger charge is -2.14. The average Bonchev–Trinajstić information content (AvgIpc) is 2.51. The molecule has 0 fully saturated rings. The van der Waals surface area contributed by atoms with Gasteiger partial charge in [0.25, 0.3) is 0 Å². The van der Waals surface area contributed by atoms with Crippen LogP contribution in [0.2, 0.25) is 0 Å². The summed E-state index contributed by atoms with van der Waals surface area (Å²) in [7, 11) is 0. The number of rotatable bonds is 6. The smallest absolute Gasteiger partial charge is 0.0885 e. The van der Waals surface area contributed by atoms with Crippen LogP contribution in [-0.4, -0.2) is 6.54 Å². The van der Waals surface area contributed by atoms with Crippen LogP contribution in [0.25, 0.3) is 0 Å². The van der Waals surface area contributed by atoms with E-state index in [4.69, 9.17) is 0 Å². The molecule has 0 aromatic heterocycles. The fourth-order valence-electron chi connectivity index (χ4n) is 2.32. The standard InChI is InChI=1S/C18H20N2/c1-2-8-16-11-6-7-12-18(16)20-14-17(13-19)15-9-4-3-5-10-15/h3-7,9-12,17,20H,2,8,14H2,1H3. The fraction of sp³-hybridized carbons (Fsp3) is 0.278. The predicted molar refractivity (Wildman–Crippen MR) is 83.7 cm³/mol. The molecule has 0 heterocycles. The van der Waals surface area contributed by atoms with Crippen LogP contribution in [0.5, 0.6) is 0 Å². The van der Waals surface area contributed by atoms with E-state index in [1.54, 1.807) is 0 Å². The Bertz CT molecular complexity index is 569. The highest BCUT2D eigenvalue weighted by molar-refractivity contribution is 5.51. The normalized spacial score (nSPS) is 11.6. The molecule has 20 heavy (non-hydrogen) atoms. The van der Waals surface area contributed by atoms with Crippen molar-refractivity contribution in [2.75, 3.05) is 11.9 Å². The molecule has 0 saturated heterocycles. The van der Waals surface area contributed by atoms with Gasteiger partial charge in [0.05, 0.1) is 12.0 Å². The van der Waals surface area contributed by atoms with Crippen LogP contribution in [-0.2, 0) is 6.42 Å². The maximum absolute atomic E-state index is 9.34. The highest BCUT2D eigenvalue weighted by Gasteiger charge is 2.10. The number of aryl methyl sites for hydroxylation is 1. The molecule has 2 nitrogen and oxygen atoms in total. The lowest BCUT2D eigenvalue weighted by Crippen LogP contribution is -2.12. The summed E-state index contributed by atoms with van der Waals surface area (Å²) in [5.41, 5.74) is 3.53. The lowest BCUT2D eigenvalue weighted by molar-refractivity contribution is 0.886. The average molecular weight is 264 g/mol. The quantitative estimate of drug-likeness (QED) is 0.841. The van der Waals surface area contributed by atoms with Gasteiger partial charge in [0, 0.05) is 12.2 Å². The monoisotopic (exact) mass is 264 g/mol. The van der Waals surface area contributed by atoms with E-state index in [0.717, 1.165) is 24.1 Å². The first-order chi connectivity index (χ1) is 9.85. The molecule has 0 saturated carbocycles. The zero-order valence-electron chi connectivity index (χ0n) is 11.8. The molecular weight excluding hydrogens is 244 g/mol. The molecular formula is C18H20N2. The zero-order valence-corrected chi connectivity index (χ0v) is 11.8. The molecule has 0 aliphatic heterocycles. The van der Waals surface area contributed by atoms with Gasteiger partial charge < -0.3 is 5.32 Å². The fourth-order valence-corrected chi connectivity index (χ4v) is 2.32. The SMILES string of the molecule is CCCc1ccccc1NCC(C#N)c1ccccc1. The molecule has 0 radical (unpaired) electrons. The Kier molecular flexibility index (Phi) is 5.20. The molecule has 1 atom stereocenters. The van der Waals surface area contributed by atoms with Gasteiger partial charge in [0.15, 0.2) is 0 Å². The van der Waals surface area contributed by atoms with Gasteiger partial charge in [-0.2, -0.15) is 5.26 Å². The van der Waals surface area contributed by atoms with E-state index >= 15 is 0 Å². The molecule has 2 heteroatoms. The topological polar surface area (TPSA) is 35.8 Å². The van der Waals surface area contributed by atoms with E-state index in [2.05, 4.69) is 36.5 Å². The van der Waals surface area contributed by atoms with Crippen molar-refractivity contribution < 1.29 is 0 Å². The lowest BCUT2D eigenvalue weighted by atomic mass is 10.0. The molecule has 102 valence electrons. The van der Waals surface area contributed by atoms with Gasteiger partial charge in [-0.05, 0) is 23.6 Å². The Labute approximate surface area is 121 Å². The van der Waals surface area contributed by atoms with E-state index < -0.39 is 0 Å². The number of para-hydroxylation sites is 1. The van der Waals surface area contributed by atoms with Gasteiger partial charge in [0.2, 0.25) is 0 Å². The van der Waals surface area contributed by atoms with Gasteiger partial charge in [-0.25, -0.2) is 0 Å². The molecule has 0 amide bonds. The first-order valence-corrected chi connectivity index (χ1v) is 7.11. The van der Waals surface area contributed by atoms with Crippen LogP contribution in [0, 0.1) is 11.3 Å². The van der Waals surface area contributed by atoms with Crippen LogP contribution in [0.1, 0.15) is 30.4 Å². The summed E-state index contributed by atoms with van der Waals surface area (Å²) in [6.07, 6.45) is 2.19. The summed E-state index contributed by atoms with van der Waals surface area (Å²) in [6, 6.07) is 20.7. The molecule has 1 unspecified atom stereocenters. The Morgan fingerprint density at radius 2 is 1.75 bits per heavy atom. The largest absolute Gasteiger partial charge is 0.383 e. The van der Waals surface area contributed by atoms with Gasteiger partial charge in [-0.3, -0.25) is 0 Å². The highest BCUT2D eigenvalue weighted by atomic mass is 14.9. The van der Waals surface area contributed by atoms with Gasteiger partial charge in [-0.15, -0.1) is 0 Å². The van der Waals surface area contributed by atoms with Crippen molar-refractivity contribution in [1.29, 1.82) is 5.26 Å². The Morgan fingerprint density at radius 1 is 1.05 bits per heavy atom. The molecule has 2 rings (SSSR count). The minimum atomic E-state index is -0.120. The van der Waals surface area contributed by atoms with Gasteiger partial charge >= 0.3 is 0 Å². The number of anilines is 1. The number of hydrogen-bond acceptors (Lipinski definition) is 2. The first-order valence-electron chi connectivity index (χ1n) is 7.11. The van der Waals surface area contributed by atoms with Crippen LogP contribution in [0.4, 0.5) is 5.69 Å². The Morgan fingerprint density at radius 3 is 2.45 bits per heavy atom. The molecule has 1 N–H and O–H groups in total. The predicted octanol–water partition coefficient (Wildman–Crippen LogP) is 4.36. The van der Waals surface area contributed by atoms with Crippen molar-refractivity contribution in [3.63, 3.8) is 0 Å². The van der Waals surface area contributed by atoms with Crippen molar-refractivity contribution in [1.82, 2.24) is 0 Å². The maximum Gasteiger partial charge on any atom is 0.0885 e. The van der Waals surface area contributed by atoms with Crippen molar-refractivity contribution >= 4 is 5.69 Å². The minimum Gasteiger partial charge on any atom is -0.383 e. The number of nitriles is 1.